The molecule has 0 atom stereocenters. The molecule has 0 amide bonds. The van der Waals surface area contributed by atoms with E-state index in [9.17, 15) is 17.6 Å². The van der Waals surface area contributed by atoms with Crippen LogP contribution < -0.4 is 10.6 Å². The number of nitrogens with one attached hydrogen (secondary N) is 2. The van der Waals surface area contributed by atoms with E-state index in [0.717, 1.165) is 0 Å². The fourth-order valence-electron chi connectivity index (χ4n) is 3.24. The number of aromatic nitrogens is 1. The molecule has 0 aromatic carbocycles. The standard InChI is InChI=1S/C14H19F4N3/c1-13(2)5-7(6-14(3,4)21-13)19-10-8(15)11(17)20-12(18)9(10)16/h7,21H,5-6H2,1-4H3,(H,19,20). The van der Waals surface area contributed by atoms with Gasteiger partial charge in [0.05, 0.1) is 0 Å². The molecule has 2 heterocycles. The minimum Gasteiger partial charge on any atom is -0.377 e. The van der Waals surface area contributed by atoms with Crippen molar-refractivity contribution in [3.8, 4) is 0 Å². The first kappa shape index (κ1) is 16.0. The first-order valence-electron chi connectivity index (χ1n) is 6.77. The van der Waals surface area contributed by atoms with Gasteiger partial charge >= 0.3 is 0 Å². The predicted octanol–water partition coefficient (Wildman–Crippen LogP) is 3.36. The van der Waals surface area contributed by atoms with Crippen molar-refractivity contribution >= 4 is 5.69 Å². The molecular formula is C14H19F4N3. The van der Waals surface area contributed by atoms with Gasteiger partial charge in [-0.15, -0.1) is 0 Å². The molecule has 0 bridgehead atoms. The number of anilines is 1. The first-order valence-corrected chi connectivity index (χ1v) is 6.77. The zero-order chi connectivity index (χ0) is 16.0. The molecule has 0 saturated carbocycles. The molecule has 1 aromatic heterocycles. The van der Waals surface area contributed by atoms with Crippen molar-refractivity contribution in [1.82, 2.24) is 10.3 Å². The fourth-order valence-corrected chi connectivity index (χ4v) is 3.24. The minimum atomic E-state index is -1.65. The zero-order valence-electron chi connectivity index (χ0n) is 12.5. The molecule has 1 aliphatic heterocycles. The maximum atomic E-state index is 13.7. The van der Waals surface area contributed by atoms with Gasteiger partial charge in [-0.05, 0) is 40.5 Å². The Morgan fingerprint density at radius 3 is 1.81 bits per heavy atom. The Morgan fingerprint density at radius 1 is 0.952 bits per heavy atom. The minimum absolute atomic E-state index is 0.267. The molecule has 7 heteroatoms. The second-order valence-corrected chi connectivity index (χ2v) is 6.84. The van der Waals surface area contributed by atoms with Crippen LogP contribution in [0.4, 0.5) is 23.2 Å². The summed E-state index contributed by atoms with van der Waals surface area (Å²) in [7, 11) is 0. The second-order valence-electron chi connectivity index (χ2n) is 6.84. The average molecular weight is 305 g/mol. The van der Waals surface area contributed by atoms with Crippen LogP contribution in [0.25, 0.3) is 0 Å². The average Bonchev–Trinajstić information content (AvgIpc) is 2.28. The van der Waals surface area contributed by atoms with Gasteiger partial charge in [0, 0.05) is 17.1 Å². The van der Waals surface area contributed by atoms with E-state index < -0.39 is 29.2 Å². The second kappa shape index (κ2) is 5.12. The van der Waals surface area contributed by atoms with E-state index in [1.165, 1.54) is 0 Å². The van der Waals surface area contributed by atoms with E-state index >= 15 is 0 Å². The molecule has 2 rings (SSSR count). The summed E-state index contributed by atoms with van der Waals surface area (Å²) in [6.45, 7) is 7.85. The van der Waals surface area contributed by atoms with Gasteiger partial charge in [0.1, 0.15) is 5.69 Å². The van der Waals surface area contributed by atoms with Crippen LogP contribution in [0, 0.1) is 23.5 Å². The molecule has 1 aliphatic rings. The Bertz CT molecular complexity index is 515. The van der Waals surface area contributed by atoms with E-state index in [2.05, 4.69) is 15.6 Å². The van der Waals surface area contributed by atoms with Crippen molar-refractivity contribution in [3.63, 3.8) is 0 Å². The Labute approximate surface area is 121 Å². The van der Waals surface area contributed by atoms with Gasteiger partial charge in [-0.25, -0.2) is 0 Å². The van der Waals surface area contributed by atoms with Crippen LogP contribution in [-0.2, 0) is 0 Å². The van der Waals surface area contributed by atoms with Gasteiger partial charge in [-0.2, -0.15) is 22.5 Å². The molecular weight excluding hydrogens is 286 g/mol. The summed E-state index contributed by atoms with van der Waals surface area (Å²) in [5.41, 5.74) is -1.33. The first-order chi connectivity index (χ1) is 9.51. The van der Waals surface area contributed by atoms with Crippen LogP contribution in [0.5, 0.6) is 0 Å². The number of hydrogen-bond donors (Lipinski definition) is 2. The van der Waals surface area contributed by atoms with Crippen molar-refractivity contribution in [3.05, 3.63) is 23.5 Å². The van der Waals surface area contributed by atoms with Gasteiger partial charge in [0.2, 0.25) is 11.6 Å². The van der Waals surface area contributed by atoms with Crippen molar-refractivity contribution < 1.29 is 17.6 Å². The van der Waals surface area contributed by atoms with Crippen molar-refractivity contribution in [2.45, 2.75) is 57.7 Å². The molecule has 0 spiro atoms. The third-order valence-electron chi connectivity index (χ3n) is 3.54. The van der Waals surface area contributed by atoms with Crippen molar-refractivity contribution in [1.29, 1.82) is 0 Å². The molecule has 0 radical (unpaired) electrons. The van der Waals surface area contributed by atoms with Crippen molar-refractivity contribution in [2.24, 2.45) is 0 Å². The number of nitrogens with zero attached hydrogens (tertiary/aromatic N) is 1. The van der Waals surface area contributed by atoms with Crippen LogP contribution in [0.3, 0.4) is 0 Å². The summed E-state index contributed by atoms with van der Waals surface area (Å²) in [5.74, 6) is -6.29. The van der Waals surface area contributed by atoms with E-state index in [1.54, 1.807) is 0 Å². The van der Waals surface area contributed by atoms with Crippen LogP contribution in [-0.4, -0.2) is 22.1 Å². The van der Waals surface area contributed by atoms with Crippen LogP contribution in [0.2, 0.25) is 0 Å². The molecule has 1 saturated heterocycles. The Hall–Kier alpha value is -1.37. The molecule has 0 unspecified atom stereocenters. The van der Waals surface area contributed by atoms with Crippen LogP contribution >= 0.6 is 0 Å². The monoisotopic (exact) mass is 305 g/mol. The van der Waals surface area contributed by atoms with Crippen molar-refractivity contribution in [2.75, 3.05) is 5.32 Å². The Kier molecular flexibility index (Phi) is 3.90. The van der Waals surface area contributed by atoms with E-state index in [0.29, 0.717) is 12.8 Å². The van der Waals surface area contributed by atoms with E-state index in [1.807, 2.05) is 27.7 Å². The third kappa shape index (κ3) is 3.45. The number of halogens is 4. The Balaban J connectivity index is 2.30. The summed E-state index contributed by atoms with van der Waals surface area (Å²) < 4.78 is 53.6. The number of hydrogen-bond acceptors (Lipinski definition) is 3. The summed E-state index contributed by atoms with van der Waals surface area (Å²) in [5, 5.41) is 6.01. The summed E-state index contributed by atoms with van der Waals surface area (Å²) >= 11 is 0. The SMILES string of the molecule is CC1(C)CC(Nc2c(F)c(F)nc(F)c2F)CC(C)(C)N1. The number of piperidine rings is 1. The maximum absolute atomic E-state index is 13.7. The smallest absolute Gasteiger partial charge is 0.253 e. The summed E-state index contributed by atoms with van der Waals surface area (Å²) in [4.78, 5) is 2.55. The predicted molar refractivity (Wildman–Crippen MR) is 72.0 cm³/mol. The lowest BCUT2D eigenvalue weighted by Gasteiger charge is -2.46. The lowest BCUT2D eigenvalue weighted by Crippen LogP contribution is -2.60. The zero-order valence-corrected chi connectivity index (χ0v) is 12.5. The maximum Gasteiger partial charge on any atom is 0.253 e. The lowest BCUT2D eigenvalue weighted by molar-refractivity contribution is 0.170. The molecule has 3 nitrogen and oxygen atoms in total. The third-order valence-corrected chi connectivity index (χ3v) is 3.54. The highest BCUT2D eigenvalue weighted by atomic mass is 19.2. The highest BCUT2D eigenvalue weighted by molar-refractivity contribution is 5.46. The van der Waals surface area contributed by atoms with Crippen LogP contribution in [0.15, 0.2) is 0 Å². The van der Waals surface area contributed by atoms with Gasteiger partial charge in [-0.1, -0.05) is 0 Å². The van der Waals surface area contributed by atoms with E-state index in [-0.39, 0.29) is 17.1 Å². The highest BCUT2D eigenvalue weighted by Crippen LogP contribution is 2.32. The molecule has 1 aromatic rings. The Morgan fingerprint density at radius 2 is 1.38 bits per heavy atom. The molecule has 0 aliphatic carbocycles. The van der Waals surface area contributed by atoms with Gasteiger partial charge < -0.3 is 10.6 Å². The number of pyridine rings is 1. The molecule has 1 fully saturated rings. The van der Waals surface area contributed by atoms with E-state index in [4.69, 9.17) is 0 Å². The topological polar surface area (TPSA) is 37.0 Å². The molecule has 21 heavy (non-hydrogen) atoms. The van der Waals surface area contributed by atoms with Gasteiger partial charge in [0.15, 0.2) is 0 Å². The van der Waals surface area contributed by atoms with Gasteiger partial charge in [0.25, 0.3) is 11.9 Å². The van der Waals surface area contributed by atoms with Gasteiger partial charge in [-0.3, -0.25) is 0 Å². The molecule has 118 valence electrons. The highest BCUT2D eigenvalue weighted by Gasteiger charge is 2.38. The largest absolute Gasteiger partial charge is 0.377 e. The lowest BCUT2D eigenvalue weighted by atomic mass is 9.79. The quantitative estimate of drug-likeness (QED) is 0.650. The number of rotatable bonds is 2. The molecule has 2 N–H and O–H groups in total. The summed E-state index contributed by atoms with van der Waals surface area (Å²) in [6.07, 6.45) is 1.11. The van der Waals surface area contributed by atoms with Crippen LogP contribution in [0.1, 0.15) is 40.5 Å². The fraction of sp³-hybridized carbons (Fsp3) is 0.643. The summed E-state index contributed by atoms with van der Waals surface area (Å²) in [6, 6.07) is -0.318. The normalized spacial score (nSPS) is 21.3.